The lowest BCUT2D eigenvalue weighted by Crippen LogP contribution is -2.37. The third-order valence-corrected chi connectivity index (χ3v) is 17.5. The highest BCUT2D eigenvalue weighted by Gasteiger charge is 2.27. The van der Waals surface area contributed by atoms with E-state index in [2.05, 4.69) is 0 Å². The van der Waals surface area contributed by atoms with Gasteiger partial charge in [-0.2, -0.15) is 12.9 Å². The molecular weight excluding hydrogens is 943 g/mol. The van der Waals surface area contributed by atoms with Crippen molar-refractivity contribution in [3.8, 4) is 0 Å². The maximum absolute atomic E-state index is 14.0. The van der Waals surface area contributed by atoms with Crippen molar-refractivity contribution in [3.05, 3.63) is 159 Å². The maximum Gasteiger partial charge on any atom is 0.243 e. The van der Waals surface area contributed by atoms with Crippen molar-refractivity contribution in [1.82, 2.24) is 12.9 Å². The van der Waals surface area contributed by atoms with Crippen molar-refractivity contribution in [2.75, 3.05) is 78.9 Å². The van der Waals surface area contributed by atoms with Gasteiger partial charge in [0.2, 0.25) is 30.1 Å². The monoisotopic (exact) mass is 1010 g/mol. The number of benzene rings is 5. The summed E-state index contributed by atoms with van der Waals surface area (Å²) in [5.41, 5.74) is 7.48. The molecule has 0 saturated heterocycles. The summed E-state index contributed by atoms with van der Waals surface area (Å²) in [4.78, 5) is 0.530. The van der Waals surface area contributed by atoms with E-state index in [9.17, 15) is 25.3 Å². The van der Waals surface area contributed by atoms with Crippen LogP contribution < -0.4 is 0 Å². The van der Waals surface area contributed by atoms with Crippen LogP contribution in [0.15, 0.2) is 124 Å². The molecule has 0 fully saturated rings. The molecule has 0 N–H and O–H groups in total. The van der Waals surface area contributed by atoms with Crippen molar-refractivity contribution in [3.63, 3.8) is 0 Å². The minimum absolute atomic E-state index is 0.0661. The van der Waals surface area contributed by atoms with Crippen molar-refractivity contribution >= 4 is 30.1 Å². The standard InChI is InChI=1S/C51H63N3O12S3/c1-40-4-10-49(11-5-40)67(55,56)52-16-22-61-34-43-28-45-32-47(30-43)38-65-26-20-54(69(59,60)51-14-8-42(3)9-15-51)21-27-66-39-48-31-44(35-62-23-17-52)29-46(33-48)37-64-25-19-53(18-24-63-36-45)68(57,58)50-12-6-41(2)7-13-50/h4-15,28-33H,16-27,34-39H2,1-3H3. The molecule has 0 amide bonds. The summed E-state index contributed by atoms with van der Waals surface area (Å²) in [6, 6.07) is 31.8. The van der Waals surface area contributed by atoms with Gasteiger partial charge in [-0.05, 0) is 90.6 Å². The van der Waals surface area contributed by atoms with Crippen LogP contribution in [0.2, 0.25) is 0 Å². The zero-order valence-electron chi connectivity index (χ0n) is 39.6. The van der Waals surface area contributed by atoms with Gasteiger partial charge in [-0.3, -0.25) is 0 Å². The van der Waals surface area contributed by atoms with E-state index < -0.39 is 30.1 Å². The van der Waals surface area contributed by atoms with Crippen LogP contribution in [0.25, 0.3) is 0 Å². The summed E-state index contributed by atoms with van der Waals surface area (Å²) in [6.45, 7) is 7.43. The molecule has 3 aliphatic heterocycles. The van der Waals surface area contributed by atoms with E-state index in [1.807, 2.05) is 57.2 Å². The highest BCUT2D eigenvalue weighted by molar-refractivity contribution is 7.89. The topological polar surface area (TPSA) is 168 Å². The Morgan fingerprint density at radius 2 is 0.478 bits per heavy atom. The van der Waals surface area contributed by atoms with Crippen LogP contribution in [0.5, 0.6) is 0 Å². The van der Waals surface area contributed by atoms with Gasteiger partial charge in [-0.25, -0.2) is 25.3 Å². The number of nitrogens with zero attached hydrogens (tertiary/aromatic N) is 3. The molecule has 5 aromatic rings. The highest BCUT2D eigenvalue weighted by atomic mass is 32.2. The molecule has 0 aliphatic carbocycles. The van der Waals surface area contributed by atoms with Crippen LogP contribution in [0.1, 0.15) is 50.1 Å². The average molecular weight is 1010 g/mol. The molecule has 69 heavy (non-hydrogen) atoms. The number of ether oxygens (including phenoxy) is 6. The summed E-state index contributed by atoms with van der Waals surface area (Å²) in [6.07, 6.45) is 0. The Bertz CT molecular complexity index is 2380. The normalized spacial score (nSPS) is 18.3. The van der Waals surface area contributed by atoms with E-state index in [0.29, 0.717) is 0 Å². The minimum atomic E-state index is -3.91. The molecule has 5 aromatic carbocycles. The van der Waals surface area contributed by atoms with Crippen molar-refractivity contribution < 1.29 is 53.7 Å². The van der Waals surface area contributed by atoms with Crippen molar-refractivity contribution in [2.45, 2.75) is 75.1 Å². The van der Waals surface area contributed by atoms with E-state index in [-0.39, 0.29) is 133 Å². The van der Waals surface area contributed by atoms with Crippen molar-refractivity contribution in [1.29, 1.82) is 0 Å². The van der Waals surface area contributed by atoms with Crippen LogP contribution in [0.4, 0.5) is 0 Å². The number of hydrogen-bond donors (Lipinski definition) is 0. The Morgan fingerprint density at radius 3 is 0.652 bits per heavy atom. The fourth-order valence-corrected chi connectivity index (χ4v) is 12.2. The third-order valence-electron chi connectivity index (χ3n) is 11.7. The second-order valence-electron chi connectivity index (χ2n) is 17.3. The molecule has 0 saturated carbocycles. The van der Waals surface area contributed by atoms with E-state index in [0.717, 1.165) is 50.1 Å². The van der Waals surface area contributed by atoms with Gasteiger partial charge in [0, 0.05) is 39.3 Å². The van der Waals surface area contributed by atoms with Crippen LogP contribution in [0.3, 0.4) is 0 Å². The fraction of sp³-hybridized carbons (Fsp3) is 0.412. The Hall–Kier alpha value is -4.41. The molecule has 0 aromatic heterocycles. The first-order valence-corrected chi connectivity index (χ1v) is 27.4. The van der Waals surface area contributed by atoms with Gasteiger partial charge in [0.1, 0.15) is 0 Å². The number of rotatable bonds is 6. The molecule has 0 unspecified atom stereocenters. The predicted molar refractivity (Wildman–Crippen MR) is 261 cm³/mol. The summed E-state index contributed by atoms with van der Waals surface area (Å²) < 4.78 is 125. The molecule has 18 heteroatoms. The predicted octanol–water partition coefficient (Wildman–Crippen LogP) is 6.51. The van der Waals surface area contributed by atoms with Crippen LogP contribution in [-0.4, -0.2) is 117 Å². The van der Waals surface area contributed by atoms with Gasteiger partial charge in [-0.15, -0.1) is 0 Å². The number of aryl methyl sites for hydroxylation is 3. The van der Waals surface area contributed by atoms with E-state index >= 15 is 0 Å². The highest BCUT2D eigenvalue weighted by Crippen LogP contribution is 2.22. The smallest absolute Gasteiger partial charge is 0.243 e. The lowest BCUT2D eigenvalue weighted by Gasteiger charge is -2.23. The SMILES string of the molecule is Cc1ccc(S(=O)(=O)N2CCOCc3cc4cc(c3)COCCN(S(=O)(=O)c3ccc(C)cc3)CCOCc3cc(cc(c3)COCCN(S(=O)(=O)c3ccc(C)cc3)CCOC4)COCC2)cc1. The molecule has 0 atom stereocenters. The molecule has 3 heterocycles. The zero-order valence-corrected chi connectivity index (χ0v) is 42.0. The lowest BCUT2D eigenvalue weighted by atomic mass is 10.1. The molecule has 8 rings (SSSR count). The Labute approximate surface area is 408 Å². The molecule has 0 spiro atoms. The Balaban J connectivity index is 1.21. The number of hydrogen-bond acceptors (Lipinski definition) is 12. The van der Waals surface area contributed by atoms with Crippen LogP contribution in [-0.2, 0) is 98.1 Å². The fourth-order valence-electron chi connectivity index (χ4n) is 7.95. The van der Waals surface area contributed by atoms with E-state index in [1.165, 1.54) is 12.9 Å². The van der Waals surface area contributed by atoms with Gasteiger partial charge in [-0.1, -0.05) is 89.5 Å². The summed E-state index contributed by atoms with van der Waals surface area (Å²) >= 11 is 0. The van der Waals surface area contributed by atoms with E-state index in [4.69, 9.17) is 28.4 Å². The minimum Gasteiger partial charge on any atom is -0.375 e. The second kappa shape index (κ2) is 24.6. The van der Waals surface area contributed by atoms with Gasteiger partial charge < -0.3 is 28.4 Å². The van der Waals surface area contributed by atoms with E-state index in [1.54, 1.807) is 72.8 Å². The lowest BCUT2D eigenvalue weighted by molar-refractivity contribution is 0.0813. The number of fused-ring (bicyclic) bond motifs is 24. The van der Waals surface area contributed by atoms with Gasteiger partial charge >= 0.3 is 0 Å². The molecular formula is C51H63N3O12S3. The van der Waals surface area contributed by atoms with Crippen LogP contribution >= 0.6 is 0 Å². The summed E-state index contributed by atoms with van der Waals surface area (Å²) in [5, 5.41) is 0. The second-order valence-corrected chi connectivity index (χ2v) is 23.1. The molecule has 0 radical (unpaired) electrons. The molecule has 15 nitrogen and oxygen atoms in total. The molecule has 372 valence electrons. The van der Waals surface area contributed by atoms with Gasteiger partial charge in [0.25, 0.3) is 0 Å². The third kappa shape index (κ3) is 14.8. The Morgan fingerprint density at radius 1 is 0.304 bits per heavy atom. The van der Waals surface area contributed by atoms with Crippen LogP contribution in [0, 0.1) is 20.8 Å². The van der Waals surface area contributed by atoms with Gasteiger partial charge in [0.15, 0.2) is 0 Å². The summed E-state index contributed by atoms with van der Waals surface area (Å²) in [5.74, 6) is 0. The van der Waals surface area contributed by atoms with Crippen molar-refractivity contribution in [2.24, 2.45) is 0 Å². The Kier molecular flexibility index (Phi) is 18.7. The average Bonchev–Trinajstić information content (AvgIpc) is 3.32. The van der Waals surface area contributed by atoms with Gasteiger partial charge in [0.05, 0.1) is 94.0 Å². The first-order valence-electron chi connectivity index (χ1n) is 23.1. The zero-order chi connectivity index (χ0) is 48.9. The first-order chi connectivity index (χ1) is 33.2. The first kappa shape index (κ1) is 52.4. The summed E-state index contributed by atoms with van der Waals surface area (Å²) in [7, 11) is -11.7. The molecule has 3 aliphatic rings. The number of sulfonamides is 3. The molecule has 6 bridgehead atoms. The maximum atomic E-state index is 14.0. The largest absolute Gasteiger partial charge is 0.375 e. The quantitative estimate of drug-likeness (QED) is 0.170.